The standard InChI is InChI=1S/C8H17ClO/c1-4-10-6-8(5-9)7(2)3/h7-8H,4-6H2,1-3H3. The van der Waals surface area contributed by atoms with Crippen LogP contribution in [0.2, 0.25) is 0 Å². The summed E-state index contributed by atoms with van der Waals surface area (Å²) in [5, 5.41) is 0. The zero-order valence-corrected chi connectivity index (χ0v) is 7.82. The molecule has 0 aromatic heterocycles. The number of hydrogen-bond donors (Lipinski definition) is 0. The van der Waals surface area contributed by atoms with Crippen molar-refractivity contribution < 1.29 is 4.74 Å². The zero-order chi connectivity index (χ0) is 7.98. The second kappa shape index (κ2) is 5.99. The summed E-state index contributed by atoms with van der Waals surface area (Å²) in [4.78, 5) is 0. The van der Waals surface area contributed by atoms with Gasteiger partial charge < -0.3 is 4.74 Å². The number of rotatable bonds is 5. The molecule has 0 radical (unpaired) electrons. The third kappa shape index (κ3) is 4.13. The molecule has 0 rings (SSSR count). The minimum Gasteiger partial charge on any atom is -0.381 e. The van der Waals surface area contributed by atoms with Crippen molar-refractivity contribution in [3.63, 3.8) is 0 Å². The Kier molecular flexibility index (Phi) is 6.14. The first-order valence-corrected chi connectivity index (χ1v) is 4.39. The Morgan fingerprint density at radius 1 is 1.40 bits per heavy atom. The number of halogens is 1. The van der Waals surface area contributed by atoms with Crippen LogP contribution in [0, 0.1) is 11.8 Å². The summed E-state index contributed by atoms with van der Waals surface area (Å²) in [6.07, 6.45) is 0. The molecule has 0 N–H and O–H groups in total. The van der Waals surface area contributed by atoms with E-state index < -0.39 is 0 Å². The van der Waals surface area contributed by atoms with Crippen molar-refractivity contribution in [2.45, 2.75) is 20.8 Å². The van der Waals surface area contributed by atoms with E-state index in [1.165, 1.54) is 0 Å². The van der Waals surface area contributed by atoms with Crippen molar-refractivity contribution in [2.75, 3.05) is 19.1 Å². The average molecular weight is 165 g/mol. The molecule has 1 atom stereocenters. The number of alkyl halides is 1. The maximum atomic E-state index is 5.72. The van der Waals surface area contributed by atoms with Crippen LogP contribution in [-0.2, 0) is 4.74 Å². The molecule has 1 unspecified atom stereocenters. The normalized spacial score (nSPS) is 14.1. The molecule has 0 amide bonds. The maximum Gasteiger partial charge on any atom is 0.0507 e. The number of ether oxygens (including phenoxy) is 1. The van der Waals surface area contributed by atoms with E-state index in [-0.39, 0.29) is 0 Å². The van der Waals surface area contributed by atoms with Gasteiger partial charge in [-0.2, -0.15) is 0 Å². The van der Waals surface area contributed by atoms with Crippen LogP contribution in [0.4, 0.5) is 0 Å². The Balaban J connectivity index is 3.40. The van der Waals surface area contributed by atoms with Crippen LogP contribution < -0.4 is 0 Å². The van der Waals surface area contributed by atoms with Gasteiger partial charge in [-0.3, -0.25) is 0 Å². The van der Waals surface area contributed by atoms with Crippen LogP contribution in [0.1, 0.15) is 20.8 Å². The second-order valence-electron chi connectivity index (χ2n) is 2.82. The molecule has 0 spiro atoms. The number of hydrogen-bond acceptors (Lipinski definition) is 1. The molecule has 0 aromatic carbocycles. The van der Waals surface area contributed by atoms with Gasteiger partial charge in [0.1, 0.15) is 0 Å². The topological polar surface area (TPSA) is 9.23 Å². The molecule has 0 bridgehead atoms. The molecule has 0 saturated heterocycles. The van der Waals surface area contributed by atoms with E-state index in [4.69, 9.17) is 16.3 Å². The van der Waals surface area contributed by atoms with Crippen LogP contribution in [-0.4, -0.2) is 19.1 Å². The zero-order valence-electron chi connectivity index (χ0n) is 7.06. The van der Waals surface area contributed by atoms with Crippen molar-refractivity contribution >= 4 is 11.6 Å². The van der Waals surface area contributed by atoms with E-state index in [1.807, 2.05) is 6.92 Å². The van der Waals surface area contributed by atoms with E-state index in [9.17, 15) is 0 Å². The molecule has 0 saturated carbocycles. The molecule has 2 heteroatoms. The van der Waals surface area contributed by atoms with Crippen LogP contribution in [0.25, 0.3) is 0 Å². The summed E-state index contributed by atoms with van der Waals surface area (Å²) < 4.78 is 5.26. The van der Waals surface area contributed by atoms with Gasteiger partial charge in [0.2, 0.25) is 0 Å². The summed E-state index contributed by atoms with van der Waals surface area (Å²) in [7, 11) is 0. The van der Waals surface area contributed by atoms with Gasteiger partial charge in [-0.25, -0.2) is 0 Å². The largest absolute Gasteiger partial charge is 0.381 e. The average Bonchev–Trinajstić information content (AvgIpc) is 1.89. The summed E-state index contributed by atoms with van der Waals surface area (Å²) in [5.74, 6) is 1.85. The Morgan fingerprint density at radius 2 is 2.00 bits per heavy atom. The fourth-order valence-electron chi connectivity index (χ4n) is 0.684. The summed E-state index contributed by atoms with van der Waals surface area (Å²) in [6.45, 7) is 7.95. The van der Waals surface area contributed by atoms with E-state index in [2.05, 4.69) is 13.8 Å². The van der Waals surface area contributed by atoms with Crippen LogP contribution in [0.15, 0.2) is 0 Å². The summed E-state index contributed by atoms with van der Waals surface area (Å²) in [5.41, 5.74) is 0. The Morgan fingerprint density at radius 3 is 2.30 bits per heavy atom. The van der Waals surface area contributed by atoms with Crippen LogP contribution >= 0.6 is 11.6 Å². The molecule has 0 aromatic rings. The van der Waals surface area contributed by atoms with Gasteiger partial charge in [-0.05, 0) is 18.8 Å². The van der Waals surface area contributed by atoms with Crippen molar-refractivity contribution in [3.8, 4) is 0 Å². The highest BCUT2D eigenvalue weighted by Gasteiger charge is 2.10. The Labute approximate surface area is 68.7 Å². The highest BCUT2D eigenvalue weighted by molar-refractivity contribution is 6.18. The molecule has 0 aliphatic carbocycles. The highest BCUT2D eigenvalue weighted by Crippen LogP contribution is 2.12. The molecular formula is C8H17ClO. The van der Waals surface area contributed by atoms with Crippen molar-refractivity contribution in [3.05, 3.63) is 0 Å². The lowest BCUT2D eigenvalue weighted by atomic mass is 9.99. The third-order valence-corrected chi connectivity index (χ3v) is 2.07. The lowest BCUT2D eigenvalue weighted by molar-refractivity contribution is 0.101. The van der Waals surface area contributed by atoms with E-state index in [1.54, 1.807) is 0 Å². The first-order chi connectivity index (χ1) is 4.72. The van der Waals surface area contributed by atoms with Crippen LogP contribution in [0.3, 0.4) is 0 Å². The first-order valence-electron chi connectivity index (χ1n) is 3.86. The van der Waals surface area contributed by atoms with E-state index in [0.29, 0.717) is 17.7 Å². The Bertz CT molecular complexity index is 73.7. The molecule has 0 heterocycles. The van der Waals surface area contributed by atoms with Gasteiger partial charge >= 0.3 is 0 Å². The van der Waals surface area contributed by atoms with Crippen LogP contribution in [0.5, 0.6) is 0 Å². The molecule has 10 heavy (non-hydrogen) atoms. The lowest BCUT2D eigenvalue weighted by Gasteiger charge is -2.16. The smallest absolute Gasteiger partial charge is 0.0507 e. The molecular weight excluding hydrogens is 148 g/mol. The van der Waals surface area contributed by atoms with Gasteiger partial charge in [-0.1, -0.05) is 13.8 Å². The van der Waals surface area contributed by atoms with Gasteiger partial charge in [0.25, 0.3) is 0 Å². The lowest BCUT2D eigenvalue weighted by Crippen LogP contribution is -2.17. The van der Waals surface area contributed by atoms with Gasteiger partial charge in [-0.15, -0.1) is 11.6 Å². The van der Waals surface area contributed by atoms with Gasteiger partial charge in [0.05, 0.1) is 6.61 Å². The van der Waals surface area contributed by atoms with E-state index >= 15 is 0 Å². The monoisotopic (exact) mass is 164 g/mol. The summed E-state index contributed by atoms with van der Waals surface area (Å²) >= 11 is 5.72. The highest BCUT2D eigenvalue weighted by atomic mass is 35.5. The van der Waals surface area contributed by atoms with Crippen molar-refractivity contribution in [2.24, 2.45) is 11.8 Å². The fraction of sp³-hybridized carbons (Fsp3) is 1.00. The molecule has 0 fully saturated rings. The van der Waals surface area contributed by atoms with Crippen molar-refractivity contribution in [1.29, 1.82) is 0 Å². The molecule has 1 nitrogen and oxygen atoms in total. The summed E-state index contributed by atoms with van der Waals surface area (Å²) in [6, 6.07) is 0. The molecule has 62 valence electrons. The molecule has 0 aliphatic rings. The second-order valence-corrected chi connectivity index (χ2v) is 3.13. The fourth-order valence-corrected chi connectivity index (χ4v) is 1.13. The predicted molar refractivity (Wildman–Crippen MR) is 45.5 cm³/mol. The minimum absolute atomic E-state index is 0.515. The van der Waals surface area contributed by atoms with Gasteiger partial charge in [0.15, 0.2) is 0 Å². The van der Waals surface area contributed by atoms with Crippen molar-refractivity contribution in [1.82, 2.24) is 0 Å². The quantitative estimate of drug-likeness (QED) is 0.568. The SMILES string of the molecule is CCOCC(CCl)C(C)C. The Hall–Kier alpha value is 0.250. The first kappa shape index (κ1) is 10.2. The van der Waals surface area contributed by atoms with Gasteiger partial charge in [0, 0.05) is 12.5 Å². The predicted octanol–water partition coefficient (Wildman–Crippen LogP) is 2.53. The molecule has 0 aliphatic heterocycles. The third-order valence-electron chi connectivity index (χ3n) is 1.68. The van der Waals surface area contributed by atoms with E-state index in [0.717, 1.165) is 13.2 Å². The minimum atomic E-state index is 0.515. The maximum absolute atomic E-state index is 5.72.